The zero-order valence-corrected chi connectivity index (χ0v) is 19.3. The van der Waals surface area contributed by atoms with E-state index in [0.29, 0.717) is 36.2 Å². The van der Waals surface area contributed by atoms with Gasteiger partial charge in [-0.25, -0.2) is 9.97 Å². The molecule has 0 spiro atoms. The number of aromatic amines is 2. The maximum atomic E-state index is 6.35. The Bertz CT molecular complexity index is 1530. The first kappa shape index (κ1) is 21.4. The first-order valence-corrected chi connectivity index (χ1v) is 11.5. The molecule has 1 aliphatic heterocycles. The molecule has 0 amide bonds. The number of anilines is 3. The van der Waals surface area contributed by atoms with Gasteiger partial charge in [0.15, 0.2) is 5.82 Å². The molecular formula is C24H22ClN9O. The van der Waals surface area contributed by atoms with Crippen molar-refractivity contribution in [3.63, 3.8) is 0 Å². The molecule has 2 aromatic carbocycles. The summed E-state index contributed by atoms with van der Waals surface area (Å²) in [5.41, 5.74) is 16.2. The molecule has 4 heterocycles. The molecule has 0 aliphatic carbocycles. The Morgan fingerprint density at radius 2 is 1.97 bits per heavy atom. The molecule has 1 unspecified atom stereocenters. The molecule has 35 heavy (non-hydrogen) atoms. The highest BCUT2D eigenvalue weighted by molar-refractivity contribution is 6.33. The van der Waals surface area contributed by atoms with E-state index in [0.717, 1.165) is 39.4 Å². The van der Waals surface area contributed by atoms with Crippen molar-refractivity contribution in [1.82, 2.24) is 30.1 Å². The Labute approximate surface area is 205 Å². The number of fused-ring (bicyclic) bond motifs is 1. The van der Waals surface area contributed by atoms with Crippen LogP contribution in [0.25, 0.3) is 33.4 Å². The summed E-state index contributed by atoms with van der Waals surface area (Å²) in [6.45, 7) is 1.74. The number of hydrogen-bond acceptors (Lipinski definition) is 8. The Morgan fingerprint density at radius 1 is 1.09 bits per heavy atom. The van der Waals surface area contributed by atoms with E-state index in [9.17, 15) is 0 Å². The van der Waals surface area contributed by atoms with Crippen LogP contribution in [0.15, 0.2) is 54.7 Å². The fourth-order valence-electron chi connectivity index (χ4n) is 4.30. The van der Waals surface area contributed by atoms with Crippen LogP contribution in [-0.2, 0) is 4.74 Å². The minimum Gasteiger partial charge on any atom is -0.382 e. The number of nitrogens with one attached hydrogen (secondary N) is 2. The summed E-state index contributed by atoms with van der Waals surface area (Å²) >= 11 is 6.35. The summed E-state index contributed by atoms with van der Waals surface area (Å²) in [7, 11) is 0. The number of hydrogen-bond donors (Lipinski definition) is 4. The average molecular weight is 488 g/mol. The number of morpholine rings is 1. The maximum absolute atomic E-state index is 6.35. The van der Waals surface area contributed by atoms with Gasteiger partial charge in [-0.2, -0.15) is 10.1 Å². The molecule has 0 bridgehead atoms. The summed E-state index contributed by atoms with van der Waals surface area (Å²) in [5.74, 6) is 2.12. The molecule has 176 valence electrons. The van der Waals surface area contributed by atoms with Crippen molar-refractivity contribution in [1.29, 1.82) is 0 Å². The SMILES string of the molecule is Nc1nc(-c2ccc3c(N)n[nH]c3c2)cc(N2CCOC(c3ncc(-c4ccccc4Cl)[nH]3)C2)n1. The molecular weight excluding hydrogens is 466 g/mol. The first-order chi connectivity index (χ1) is 17.0. The van der Waals surface area contributed by atoms with Crippen molar-refractivity contribution in [2.75, 3.05) is 36.1 Å². The molecule has 6 rings (SSSR count). The Kier molecular flexibility index (Phi) is 5.24. The molecule has 1 saturated heterocycles. The van der Waals surface area contributed by atoms with Gasteiger partial charge >= 0.3 is 0 Å². The van der Waals surface area contributed by atoms with Gasteiger partial charge in [0.05, 0.1) is 36.3 Å². The van der Waals surface area contributed by atoms with Crippen LogP contribution in [0.3, 0.4) is 0 Å². The van der Waals surface area contributed by atoms with Crippen LogP contribution in [0.5, 0.6) is 0 Å². The number of benzene rings is 2. The zero-order valence-electron chi connectivity index (χ0n) is 18.6. The van der Waals surface area contributed by atoms with Gasteiger partial charge in [-0.15, -0.1) is 0 Å². The smallest absolute Gasteiger partial charge is 0.222 e. The highest BCUT2D eigenvalue weighted by Crippen LogP contribution is 2.31. The van der Waals surface area contributed by atoms with E-state index in [-0.39, 0.29) is 12.1 Å². The molecule has 5 aromatic rings. The van der Waals surface area contributed by atoms with Crippen LogP contribution < -0.4 is 16.4 Å². The summed E-state index contributed by atoms with van der Waals surface area (Å²) < 4.78 is 6.02. The largest absolute Gasteiger partial charge is 0.382 e. The van der Waals surface area contributed by atoms with Crippen LogP contribution in [0.1, 0.15) is 11.9 Å². The minimum atomic E-state index is -0.260. The summed E-state index contributed by atoms with van der Waals surface area (Å²) in [6.07, 6.45) is 1.52. The third kappa shape index (κ3) is 4.02. The van der Waals surface area contributed by atoms with Crippen molar-refractivity contribution in [3.05, 3.63) is 65.6 Å². The number of imidazole rings is 1. The average Bonchev–Trinajstić information content (AvgIpc) is 3.51. The topological polar surface area (TPSA) is 148 Å². The first-order valence-electron chi connectivity index (χ1n) is 11.1. The number of nitrogen functional groups attached to an aromatic ring is 2. The van der Waals surface area contributed by atoms with Gasteiger partial charge in [0, 0.05) is 34.1 Å². The lowest BCUT2D eigenvalue weighted by molar-refractivity contribution is 0.0343. The summed E-state index contributed by atoms with van der Waals surface area (Å²) in [6, 6.07) is 15.4. The fraction of sp³-hybridized carbons (Fsp3) is 0.167. The number of nitrogens with zero attached hydrogens (tertiary/aromatic N) is 5. The molecule has 10 nitrogen and oxygen atoms in total. The third-order valence-corrected chi connectivity index (χ3v) is 6.40. The second-order valence-corrected chi connectivity index (χ2v) is 8.71. The van der Waals surface area contributed by atoms with Crippen molar-refractivity contribution in [2.24, 2.45) is 0 Å². The van der Waals surface area contributed by atoms with E-state index < -0.39 is 0 Å². The number of ether oxygens (including phenoxy) is 1. The molecule has 0 radical (unpaired) electrons. The molecule has 11 heteroatoms. The van der Waals surface area contributed by atoms with Gasteiger partial charge in [-0.1, -0.05) is 35.9 Å². The van der Waals surface area contributed by atoms with E-state index in [1.165, 1.54) is 0 Å². The van der Waals surface area contributed by atoms with Crippen LogP contribution in [0, 0.1) is 0 Å². The summed E-state index contributed by atoms with van der Waals surface area (Å²) in [5, 5.41) is 8.52. The van der Waals surface area contributed by atoms with Crippen LogP contribution in [0.4, 0.5) is 17.6 Å². The predicted octanol–water partition coefficient (Wildman–Crippen LogP) is 3.81. The Morgan fingerprint density at radius 3 is 2.86 bits per heavy atom. The molecule has 0 saturated carbocycles. The van der Waals surface area contributed by atoms with Gasteiger partial charge < -0.3 is 26.1 Å². The summed E-state index contributed by atoms with van der Waals surface area (Å²) in [4.78, 5) is 19.0. The number of H-pyrrole nitrogens is 2. The van der Waals surface area contributed by atoms with Gasteiger partial charge in [-0.05, 0) is 18.2 Å². The van der Waals surface area contributed by atoms with E-state index in [4.69, 9.17) is 27.8 Å². The minimum absolute atomic E-state index is 0.198. The van der Waals surface area contributed by atoms with Gasteiger partial charge in [0.1, 0.15) is 17.7 Å². The molecule has 1 aliphatic rings. The predicted molar refractivity (Wildman–Crippen MR) is 136 cm³/mol. The quantitative estimate of drug-likeness (QED) is 0.299. The van der Waals surface area contributed by atoms with E-state index in [1.807, 2.05) is 48.5 Å². The maximum Gasteiger partial charge on any atom is 0.222 e. The molecule has 1 atom stereocenters. The Hall–Kier alpha value is -4.15. The van der Waals surface area contributed by atoms with Gasteiger partial charge in [-0.3, -0.25) is 5.10 Å². The van der Waals surface area contributed by atoms with Crippen molar-refractivity contribution >= 4 is 40.1 Å². The number of nitrogens with two attached hydrogens (primary N) is 2. The Balaban J connectivity index is 1.27. The zero-order chi connectivity index (χ0) is 23.9. The van der Waals surface area contributed by atoms with E-state index in [1.54, 1.807) is 6.20 Å². The lowest BCUT2D eigenvalue weighted by atomic mass is 10.1. The van der Waals surface area contributed by atoms with Crippen LogP contribution in [-0.4, -0.2) is 49.8 Å². The second-order valence-electron chi connectivity index (χ2n) is 8.31. The van der Waals surface area contributed by atoms with Crippen LogP contribution >= 0.6 is 11.6 Å². The number of halogens is 1. The number of aromatic nitrogens is 6. The normalized spacial score (nSPS) is 16.1. The van der Waals surface area contributed by atoms with Crippen molar-refractivity contribution < 1.29 is 4.74 Å². The third-order valence-electron chi connectivity index (χ3n) is 6.07. The van der Waals surface area contributed by atoms with Gasteiger partial charge in [0.25, 0.3) is 0 Å². The number of rotatable bonds is 4. The highest BCUT2D eigenvalue weighted by atomic mass is 35.5. The van der Waals surface area contributed by atoms with E-state index >= 15 is 0 Å². The highest BCUT2D eigenvalue weighted by Gasteiger charge is 2.26. The molecule has 1 fully saturated rings. The standard InChI is InChI=1S/C24H22ClN9O/c25-16-4-2-1-3-14(16)19-11-28-23(29-19)20-12-34(7-8-35-20)21-10-17(30-24(27)31-21)13-5-6-15-18(9-13)32-33-22(15)26/h1-6,9-11,20H,7-8,12H2,(H,28,29)(H3,26,32,33)(H2,27,30,31). The molecule has 6 N–H and O–H groups in total. The lowest BCUT2D eigenvalue weighted by Gasteiger charge is -2.33. The van der Waals surface area contributed by atoms with Gasteiger partial charge in [0.2, 0.25) is 5.95 Å². The molecule has 3 aromatic heterocycles. The van der Waals surface area contributed by atoms with Crippen LogP contribution in [0.2, 0.25) is 5.02 Å². The lowest BCUT2D eigenvalue weighted by Crippen LogP contribution is -2.39. The second kappa shape index (κ2) is 8.57. The fourth-order valence-corrected chi connectivity index (χ4v) is 4.54. The van der Waals surface area contributed by atoms with Crippen molar-refractivity contribution in [3.8, 4) is 22.5 Å². The van der Waals surface area contributed by atoms with Crippen molar-refractivity contribution in [2.45, 2.75) is 6.10 Å². The van der Waals surface area contributed by atoms with E-state index in [2.05, 4.69) is 35.0 Å². The monoisotopic (exact) mass is 487 g/mol.